The molecule has 12 heavy (non-hydrogen) atoms. The lowest BCUT2D eigenvalue weighted by molar-refractivity contribution is 0.218. The van der Waals surface area contributed by atoms with E-state index in [0.717, 1.165) is 26.1 Å². The minimum absolute atomic E-state index is 0.358. The van der Waals surface area contributed by atoms with E-state index in [4.69, 9.17) is 0 Å². The molecule has 0 aromatic carbocycles. The summed E-state index contributed by atoms with van der Waals surface area (Å²) >= 11 is 0. The second-order valence-electron chi connectivity index (χ2n) is 3.77. The van der Waals surface area contributed by atoms with Gasteiger partial charge >= 0.3 is 6.41 Å². The summed E-state index contributed by atoms with van der Waals surface area (Å²) in [5, 5.41) is 3.28. The molecule has 1 rings (SSSR count). The van der Waals surface area contributed by atoms with Crippen molar-refractivity contribution in [1.29, 1.82) is 0 Å². The van der Waals surface area contributed by atoms with E-state index in [1.807, 2.05) is 6.41 Å². The van der Waals surface area contributed by atoms with Crippen molar-refractivity contribution in [2.75, 3.05) is 19.6 Å². The molecule has 1 aliphatic rings. The molecule has 1 saturated heterocycles. The molecule has 0 aromatic heterocycles. The topological polar surface area (TPSA) is 32.3 Å². The number of hydrogen-bond donors (Lipinski definition) is 1. The van der Waals surface area contributed by atoms with Crippen LogP contribution < -0.4 is 5.32 Å². The van der Waals surface area contributed by atoms with Gasteiger partial charge in [0, 0.05) is 25.7 Å². The highest BCUT2D eigenvalue weighted by Crippen LogP contribution is 2.11. The maximum atomic E-state index is 10.5. The summed E-state index contributed by atoms with van der Waals surface area (Å²) in [5.74, 6) is 0.644. The lowest BCUT2D eigenvalue weighted by atomic mass is 10.0. The van der Waals surface area contributed by atoms with E-state index in [1.165, 1.54) is 0 Å². The Labute approximate surface area is 74.1 Å². The van der Waals surface area contributed by atoms with Crippen LogP contribution in [0.5, 0.6) is 0 Å². The number of nitrogens with one attached hydrogen (secondary N) is 1. The highest BCUT2D eigenvalue weighted by molar-refractivity contribution is 5.49. The molecular formula is C9H17N2O. The average Bonchev–Trinajstić information content (AvgIpc) is 2.04. The summed E-state index contributed by atoms with van der Waals surface area (Å²) in [6, 6.07) is 0.358. The van der Waals surface area contributed by atoms with Gasteiger partial charge in [0.25, 0.3) is 0 Å². The van der Waals surface area contributed by atoms with Crippen molar-refractivity contribution in [3.05, 3.63) is 0 Å². The van der Waals surface area contributed by atoms with Crippen LogP contribution in [0.4, 0.5) is 0 Å². The lowest BCUT2D eigenvalue weighted by Crippen LogP contribution is -2.50. The van der Waals surface area contributed by atoms with Crippen molar-refractivity contribution in [1.82, 2.24) is 10.2 Å². The Morgan fingerprint density at radius 3 is 3.00 bits per heavy atom. The smallest absolute Gasteiger partial charge is 0.312 e. The minimum Gasteiger partial charge on any atom is -0.329 e. The van der Waals surface area contributed by atoms with Crippen molar-refractivity contribution in [3.63, 3.8) is 0 Å². The number of piperazine rings is 1. The number of rotatable bonds is 3. The Kier molecular flexibility index (Phi) is 3.53. The molecular weight excluding hydrogens is 152 g/mol. The first-order chi connectivity index (χ1) is 5.74. The molecule has 1 heterocycles. The molecule has 3 heteroatoms. The average molecular weight is 169 g/mol. The predicted molar refractivity (Wildman–Crippen MR) is 48.5 cm³/mol. The highest BCUT2D eigenvalue weighted by Gasteiger charge is 2.21. The number of carbonyl (C=O) groups excluding carboxylic acids is 1. The van der Waals surface area contributed by atoms with E-state index in [9.17, 15) is 4.79 Å². The van der Waals surface area contributed by atoms with Gasteiger partial charge in [0.15, 0.2) is 0 Å². The molecule has 1 fully saturated rings. The van der Waals surface area contributed by atoms with Crippen molar-refractivity contribution < 1.29 is 4.79 Å². The first-order valence-corrected chi connectivity index (χ1v) is 4.59. The molecule has 0 bridgehead atoms. The fraction of sp³-hybridized carbons (Fsp3) is 0.889. The Bertz CT molecular complexity index is 147. The van der Waals surface area contributed by atoms with Crippen LogP contribution in [0.1, 0.15) is 20.3 Å². The van der Waals surface area contributed by atoms with Crippen LogP contribution in [0.15, 0.2) is 0 Å². The van der Waals surface area contributed by atoms with Crippen LogP contribution in [-0.4, -0.2) is 37.0 Å². The van der Waals surface area contributed by atoms with Gasteiger partial charge in [-0.2, -0.15) is 0 Å². The highest BCUT2D eigenvalue weighted by atomic mass is 16.1. The van der Waals surface area contributed by atoms with Gasteiger partial charge in [-0.3, -0.25) is 4.79 Å². The van der Waals surface area contributed by atoms with Crippen LogP contribution in [0.2, 0.25) is 0 Å². The van der Waals surface area contributed by atoms with Crippen molar-refractivity contribution in [3.8, 4) is 0 Å². The molecule has 0 saturated carbocycles. The van der Waals surface area contributed by atoms with Crippen molar-refractivity contribution >= 4 is 6.41 Å². The number of nitrogens with zero attached hydrogens (tertiary/aromatic N) is 1. The molecule has 1 N–H and O–H groups in total. The molecule has 0 aromatic rings. The zero-order valence-electron chi connectivity index (χ0n) is 7.84. The van der Waals surface area contributed by atoms with Crippen molar-refractivity contribution in [2.24, 2.45) is 5.92 Å². The summed E-state index contributed by atoms with van der Waals surface area (Å²) in [6.07, 6.45) is 3.07. The van der Waals surface area contributed by atoms with Gasteiger partial charge in [-0.1, -0.05) is 13.8 Å². The lowest BCUT2D eigenvalue weighted by Gasteiger charge is -2.33. The van der Waals surface area contributed by atoms with Gasteiger partial charge < -0.3 is 10.2 Å². The van der Waals surface area contributed by atoms with Crippen LogP contribution in [0.3, 0.4) is 0 Å². The molecule has 3 nitrogen and oxygen atoms in total. The molecule has 69 valence electrons. The second-order valence-corrected chi connectivity index (χ2v) is 3.77. The third kappa shape index (κ3) is 2.48. The first kappa shape index (κ1) is 9.52. The third-order valence-electron chi connectivity index (χ3n) is 2.21. The molecule has 1 atom stereocenters. The van der Waals surface area contributed by atoms with Gasteiger partial charge in [-0.05, 0) is 12.3 Å². The van der Waals surface area contributed by atoms with Gasteiger partial charge in [0.05, 0.1) is 0 Å². The Hall–Kier alpha value is -0.570. The molecule has 1 amide bonds. The van der Waals surface area contributed by atoms with Crippen LogP contribution in [0, 0.1) is 5.92 Å². The fourth-order valence-corrected chi connectivity index (χ4v) is 1.64. The van der Waals surface area contributed by atoms with E-state index >= 15 is 0 Å². The van der Waals surface area contributed by atoms with E-state index in [2.05, 4.69) is 19.2 Å². The zero-order chi connectivity index (χ0) is 8.97. The summed E-state index contributed by atoms with van der Waals surface area (Å²) in [5.41, 5.74) is 0. The van der Waals surface area contributed by atoms with Crippen LogP contribution in [-0.2, 0) is 4.79 Å². The molecule has 1 radical (unpaired) electrons. The van der Waals surface area contributed by atoms with Crippen LogP contribution in [0.25, 0.3) is 0 Å². The summed E-state index contributed by atoms with van der Waals surface area (Å²) in [6.45, 7) is 6.99. The van der Waals surface area contributed by atoms with E-state index in [0.29, 0.717) is 12.0 Å². The molecule has 0 spiro atoms. The van der Waals surface area contributed by atoms with Gasteiger partial charge in [0.2, 0.25) is 0 Å². The fourth-order valence-electron chi connectivity index (χ4n) is 1.64. The third-order valence-corrected chi connectivity index (χ3v) is 2.21. The summed E-state index contributed by atoms with van der Waals surface area (Å²) in [4.78, 5) is 12.3. The Balaban J connectivity index is 2.41. The Morgan fingerprint density at radius 2 is 2.42 bits per heavy atom. The van der Waals surface area contributed by atoms with E-state index in [-0.39, 0.29) is 0 Å². The normalized spacial score (nSPS) is 24.6. The quantitative estimate of drug-likeness (QED) is 0.662. The van der Waals surface area contributed by atoms with Gasteiger partial charge in [-0.15, -0.1) is 0 Å². The molecule has 1 unspecified atom stereocenters. The predicted octanol–water partition coefficient (Wildman–Crippen LogP) is 0.373. The summed E-state index contributed by atoms with van der Waals surface area (Å²) in [7, 11) is 0. The maximum Gasteiger partial charge on any atom is 0.312 e. The van der Waals surface area contributed by atoms with E-state index in [1.54, 1.807) is 4.90 Å². The maximum absolute atomic E-state index is 10.5. The standard InChI is InChI=1S/C9H17N2O/c1-8(2)5-9-6-10-3-4-11(9)7-12/h8-10H,3-6H2,1-2H3. The number of amides is 1. The van der Waals surface area contributed by atoms with Crippen molar-refractivity contribution in [2.45, 2.75) is 26.3 Å². The van der Waals surface area contributed by atoms with Crippen LogP contribution >= 0.6 is 0 Å². The van der Waals surface area contributed by atoms with Gasteiger partial charge in [0.1, 0.15) is 0 Å². The van der Waals surface area contributed by atoms with E-state index < -0.39 is 0 Å². The monoisotopic (exact) mass is 169 g/mol. The molecule has 1 aliphatic heterocycles. The minimum atomic E-state index is 0.358. The second kappa shape index (κ2) is 4.45. The number of hydrogen-bond acceptors (Lipinski definition) is 2. The molecule has 0 aliphatic carbocycles. The Morgan fingerprint density at radius 1 is 1.67 bits per heavy atom. The first-order valence-electron chi connectivity index (χ1n) is 4.59. The van der Waals surface area contributed by atoms with Gasteiger partial charge in [-0.25, -0.2) is 0 Å². The SMILES string of the molecule is CC(C)CC1CNCCN1[C]=O. The largest absolute Gasteiger partial charge is 0.329 e. The zero-order valence-corrected chi connectivity index (χ0v) is 7.84. The summed E-state index contributed by atoms with van der Waals surface area (Å²) < 4.78 is 0.